The van der Waals surface area contributed by atoms with Crippen LogP contribution in [-0.4, -0.2) is 10.1 Å². The standard InChI is InChI=1S/C14H25N3O/c1-4-9-14(3,15)13-16-12(17-18-13)11-7-5-10(2)6-8-11/h10-11H,4-9,15H2,1-3H3. The Morgan fingerprint density at radius 2 is 2.00 bits per heavy atom. The van der Waals surface area contributed by atoms with Crippen LogP contribution in [0.5, 0.6) is 0 Å². The Morgan fingerprint density at radius 3 is 2.61 bits per heavy atom. The van der Waals surface area contributed by atoms with Gasteiger partial charge in [0.2, 0.25) is 5.89 Å². The minimum atomic E-state index is -0.484. The number of hydrogen-bond donors (Lipinski definition) is 1. The van der Waals surface area contributed by atoms with E-state index in [-0.39, 0.29) is 0 Å². The van der Waals surface area contributed by atoms with Crippen LogP contribution >= 0.6 is 0 Å². The molecule has 4 heteroatoms. The lowest BCUT2D eigenvalue weighted by molar-refractivity contribution is 0.278. The van der Waals surface area contributed by atoms with E-state index >= 15 is 0 Å². The normalized spacial score (nSPS) is 28.0. The Hall–Kier alpha value is -0.900. The molecule has 2 N–H and O–H groups in total. The molecule has 18 heavy (non-hydrogen) atoms. The Morgan fingerprint density at radius 1 is 1.33 bits per heavy atom. The van der Waals surface area contributed by atoms with E-state index in [2.05, 4.69) is 24.0 Å². The quantitative estimate of drug-likeness (QED) is 0.891. The van der Waals surface area contributed by atoms with Crippen LogP contribution in [-0.2, 0) is 5.54 Å². The first-order valence-electron chi connectivity index (χ1n) is 7.16. The lowest BCUT2D eigenvalue weighted by Gasteiger charge is -2.23. The molecule has 1 fully saturated rings. The summed E-state index contributed by atoms with van der Waals surface area (Å²) < 4.78 is 5.38. The molecule has 0 bridgehead atoms. The van der Waals surface area contributed by atoms with E-state index in [9.17, 15) is 0 Å². The van der Waals surface area contributed by atoms with Crippen molar-refractivity contribution < 1.29 is 4.52 Å². The molecule has 4 nitrogen and oxygen atoms in total. The van der Waals surface area contributed by atoms with Gasteiger partial charge in [-0.25, -0.2) is 0 Å². The lowest BCUT2D eigenvalue weighted by atomic mass is 9.83. The molecule has 0 amide bonds. The number of aromatic nitrogens is 2. The van der Waals surface area contributed by atoms with Crippen molar-refractivity contribution in [1.29, 1.82) is 0 Å². The van der Waals surface area contributed by atoms with Gasteiger partial charge >= 0.3 is 0 Å². The first-order valence-corrected chi connectivity index (χ1v) is 7.16. The molecule has 0 aromatic carbocycles. The third kappa shape index (κ3) is 2.91. The van der Waals surface area contributed by atoms with Gasteiger partial charge in [0.25, 0.3) is 0 Å². The van der Waals surface area contributed by atoms with Crippen molar-refractivity contribution in [1.82, 2.24) is 10.1 Å². The largest absolute Gasteiger partial charge is 0.337 e. The predicted molar refractivity (Wildman–Crippen MR) is 71.1 cm³/mol. The van der Waals surface area contributed by atoms with Crippen molar-refractivity contribution in [2.45, 2.75) is 70.8 Å². The first-order chi connectivity index (χ1) is 8.53. The highest BCUT2D eigenvalue weighted by atomic mass is 16.5. The number of nitrogens with two attached hydrogens (primary N) is 1. The van der Waals surface area contributed by atoms with Crippen LogP contribution in [0.15, 0.2) is 4.52 Å². The third-order valence-electron chi connectivity index (χ3n) is 4.08. The second kappa shape index (κ2) is 5.39. The van der Waals surface area contributed by atoms with E-state index in [1.54, 1.807) is 0 Å². The maximum absolute atomic E-state index is 6.22. The zero-order valence-electron chi connectivity index (χ0n) is 11.8. The van der Waals surface area contributed by atoms with Gasteiger partial charge in [-0.3, -0.25) is 0 Å². The molecule has 1 saturated carbocycles. The zero-order valence-corrected chi connectivity index (χ0v) is 11.8. The van der Waals surface area contributed by atoms with Crippen LogP contribution in [0, 0.1) is 5.92 Å². The highest BCUT2D eigenvalue weighted by Crippen LogP contribution is 2.34. The summed E-state index contributed by atoms with van der Waals surface area (Å²) in [5.41, 5.74) is 5.73. The van der Waals surface area contributed by atoms with Crippen LogP contribution < -0.4 is 5.73 Å². The Bertz CT molecular complexity index is 378. The summed E-state index contributed by atoms with van der Waals surface area (Å²) in [5.74, 6) is 2.77. The Labute approximate surface area is 109 Å². The van der Waals surface area contributed by atoms with Crippen LogP contribution in [0.3, 0.4) is 0 Å². The summed E-state index contributed by atoms with van der Waals surface area (Å²) in [6, 6.07) is 0. The molecule has 1 aromatic rings. The van der Waals surface area contributed by atoms with Gasteiger partial charge in [0.15, 0.2) is 5.82 Å². The molecule has 0 saturated heterocycles. The second-order valence-electron chi connectivity index (χ2n) is 6.08. The molecule has 1 aliphatic rings. The fourth-order valence-electron chi connectivity index (χ4n) is 2.78. The highest BCUT2D eigenvalue weighted by Gasteiger charge is 2.30. The Kier molecular flexibility index (Phi) is 4.05. The molecule has 102 valence electrons. The molecule has 0 spiro atoms. The predicted octanol–water partition coefficient (Wildman–Crippen LogP) is 3.34. The molecule has 2 rings (SSSR count). The minimum absolute atomic E-state index is 0.469. The minimum Gasteiger partial charge on any atom is -0.337 e. The van der Waals surface area contributed by atoms with Gasteiger partial charge in [-0.05, 0) is 32.1 Å². The van der Waals surface area contributed by atoms with Gasteiger partial charge in [-0.1, -0.05) is 38.3 Å². The van der Waals surface area contributed by atoms with Crippen molar-refractivity contribution in [3.63, 3.8) is 0 Å². The maximum Gasteiger partial charge on any atom is 0.246 e. The zero-order chi connectivity index (χ0) is 13.2. The average molecular weight is 251 g/mol. The topological polar surface area (TPSA) is 64.9 Å². The molecular weight excluding hydrogens is 226 g/mol. The molecule has 1 aliphatic carbocycles. The smallest absolute Gasteiger partial charge is 0.246 e. The van der Waals surface area contributed by atoms with E-state index in [4.69, 9.17) is 10.3 Å². The summed E-state index contributed by atoms with van der Waals surface area (Å²) in [4.78, 5) is 4.55. The van der Waals surface area contributed by atoms with E-state index in [1.165, 1.54) is 25.7 Å². The van der Waals surface area contributed by atoms with Gasteiger partial charge in [0.05, 0.1) is 5.54 Å². The van der Waals surface area contributed by atoms with Gasteiger partial charge in [-0.15, -0.1) is 0 Å². The van der Waals surface area contributed by atoms with Crippen molar-refractivity contribution >= 4 is 0 Å². The van der Waals surface area contributed by atoms with Crippen molar-refractivity contribution in [3.05, 3.63) is 11.7 Å². The van der Waals surface area contributed by atoms with Crippen molar-refractivity contribution in [2.24, 2.45) is 11.7 Å². The number of hydrogen-bond acceptors (Lipinski definition) is 4. The summed E-state index contributed by atoms with van der Waals surface area (Å²) in [6.07, 6.45) is 6.78. The molecule has 0 radical (unpaired) electrons. The van der Waals surface area contributed by atoms with E-state index < -0.39 is 5.54 Å². The Balaban J connectivity index is 2.06. The van der Waals surface area contributed by atoms with Crippen LogP contribution in [0.1, 0.15) is 76.9 Å². The van der Waals surface area contributed by atoms with Gasteiger partial charge in [-0.2, -0.15) is 4.98 Å². The molecular formula is C14H25N3O. The van der Waals surface area contributed by atoms with Gasteiger partial charge in [0.1, 0.15) is 0 Å². The first kappa shape index (κ1) is 13.5. The van der Waals surface area contributed by atoms with Crippen molar-refractivity contribution in [2.75, 3.05) is 0 Å². The maximum atomic E-state index is 6.22. The van der Waals surface area contributed by atoms with E-state index in [1.807, 2.05) is 6.92 Å². The number of nitrogens with zero attached hydrogens (tertiary/aromatic N) is 2. The molecule has 1 unspecified atom stereocenters. The molecule has 1 heterocycles. The van der Waals surface area contributed by atoms with Crippen LogP contribution in [0.4, 0.5) is 0 Å². The molecule has 1 atom stereocenters. The highest BCUT2D eigenvalue weighted by molar-refractivity contribution is 5.03. The van der Waals surface area contributed by atoms with Crippen LogP contribution in [0.2, 0.25) is 0 Å². The molecule has 0 aliphatic heterocycles. The summed E-state index contributed by atoms with van der Waals surface area (Å²) in [7, 11) is 0. The molecule has 1 aromatic heterocycles. The van der Waals surface area contributed by atoms with E-state index in [0.29, 0.717) is 11.8 Å². The van der Waals surface area contributed by atoms with Gasteiger partial charge < -0.3 is 10.3 Å². The van der Waals surface area contributed by atoms with E-state index in [0.717, 1.165) is 24.6 Å². The number of rotatable bonds is 4. The van der Waals surface area contributed by atoms with Crippen LogP contribution in [0.25, 0.3) is 0 Å². The monoisotopic (exact) mass is 251 g/mol. The summed E-state index contributed by atoms with van der Waals surface area (Å²) >= 11 is 0. The lowest BCUT2D eigenvalue weighted by Crippen LogP contribution is -2.33. The SMILES string of the molecule is CCCC(C)(N)c1nc(C2CCC(C)CC2)no1. The van der Waals surface area contributed by atoms with Crippen molar-refractivity contribution in [3.8, 4) is 0 Å². The average Bonchev–Trinajstić information content (AvgIpc) is 2.80. The van der Waals surface area contributed by atoms with Gasteiger partial charge in [0, 0.05) is 5.92 Å². The third-order valence-corrected chi connectivity index (χ3v) is 4.08. The summed E-state index contributed by atoms with van der Waals surface area (Å²) in [6.45, 7) is 6.40. The second-order valence-corrected chi connectivity index (χ2v) is 6.08. The summed E-state index contributed by atoms with van der Waals surface area (Å²) in [5, 5.41) is 4.15. The fourth-order valence-corrected chi connectivity index (χ4v) is 2.78. The fraction of sp³-hybridized carbons (Fsp3) is 0.857.